The Morgan fingerprint density at radius 3 is 1.79 bits per heavy atom. The van der Waals surface area contributed by atoms with Gasteiger partial charge >= 0.3 is 11.9 Å². The monoisotopic (exact) mass is 582 g/mol. The fraction of sp³-hybridized carbons (Fsp3) is 0.276. The van der Waals surface area contributed by atoms with Crippen LogP contribution in [0.25, 0.3) is 0 Å². The molecule has 0 aliphatic carbocycles. The molecule has 8 nitrogen and oxygen atoms in total. The van der Waals surface area contributed by atoms with Crippen molar-refractivity contribution >= 4 is 34.0 Å². The van der Waals surface area contributed by atoms with E-state index in [9.17, 15) is 19.5 Å². The zero-order chi connectivity index (χ0) is 27.4. The standard InChI is InChI=1S/C29H27BrO8/c1-17-10-4-7-13-20(17)24(31)29(38-30)25(37-27(33)22-15-9-6-12-19(22)3)23(36-28(29)34)16-35-26(32)21-14-8-5-11-18(21)2/h4-15,23,25,28,34H,16H2,1-3H3/t23-,25-,28+,29+/m0/s1. The average molecular weight is 583 g/mol. The molecule has 0 saturated carbocycles. The third-order valence-corrected chi connectivity index (χ3v) is 7.18. The number of esters is 2. The summed E-state index contributed by atoms with van der Waals surface area (Å²) in [6, 6.07) is 20.4. The number of hydrogen-bond acceptors (Lipinski definition) is 8. The van der Waals surface area contributed by atoms with Gasteiger partial charge in [0.2, 0.25) is 11.4 Å². The molecule has 1 heterocycles. The molecule has 3 aromatic rings. The first-order chi connectivity index (χ1) is 18.2. The van der Waals surface area contributed by atoms with Gasteiger partial charge in [-0.2, -0.15) is 0 Å². The quantitative estimate of drug-likeness (QED) is 0.302. The molecule has 0 unspecified atom stereocenters. The first-order valence-electron chi connectivity index (χ1n) is 11.9. The van der Waals surface area contributed by atoms with Crippen molar-refractivity contribution in [2.24, 2.45) is 0 Å². The molecule has 0 spiro atoms. The third-order valence-electron chi connectivity index (χ3n) is 6.65. The lowest BCUT2D eigenvalue weighted by molar-refractivity contribution is -0.144. The van der Waals surface area contributed by atoms with Crippen LogP contribution in [0.15, 0.2) is 72.8 Å². The highest BCUT2D eigenvalue weighted by Gasteiger charge is 2.65. The molecule has 38 heavy (non-hydrogen) atoms. The van der Waals surface area contributed by atoms with Gasteiger partial charge in [0, 0.05) is 5.56 Å². The molecule has 3 aromatic carbocycles. The number of halogens is 1. The number of aliphatic hydroxyl groups excluding tert-OH is 1. The molecule has 4 rings (SSSR count). The summed E-state index contributed by atoms with van der Waals surface area (Å²) < 4.78 is 22.4. The molecular formula is C29H27BrO8. The molecule has 0 aromatic heterocycles. The Morgan fingerprint density at radius 2 is 1.29 bits per heavy atom. The highest BCUT2D eigenvalue weighted by atomic mass is 79.9. The smallest absolute Gasteiger partial charge is 0.338 e. The maximum absolute atomic E-state index is 13.9. The lowest BCUT2D eigenvalue weighted by atomic mass is 9.85. The minimum absolute atomic E-state index is 0.240. The third kappa shape index (κ3) is 5.15. The van der Waals surface area contributed by atoms with Gasteiger partial charge in [-0.1, -0.05) is 60.7 Å². The molecule has 0 amide bonds. The first-order valence-corrected chi connectivity index (χ1v) is 12.6. The number of hydrogen-bond donors (Lipinski definition) is 1. The molecule has 4 atom stereocenters. The first kappa shape index (κ1) is 27.7. The fourth-order valence-electron chi connectivity index (χ4n) is 4.46. The maximum atomic E-state index is 13.9. The zero-order valence-corrected chi connectivity index (χ0v) is 22.6. The van der Waals surface area contributed by atoms with Crippen molar-refractivity contribution in [1.82, 2.24) is 0 Å². The summed E-state index contributed by atoms with van der Waals surface area (Å²) in [5.41, 5.74) is 0.630. The molecule has 1 fully saturated rings. The van der Waals surface area contributed by atoms with E-state index in [0.29, 0.717) is 22.3 Å². The van der Waals surface area contributed by atoms with Crippen molar-refractivity contribution in [1.29, 1.82) is 0 Å². The van der Waals surface area contributed by atoms with Crippen LogP contribution in [0.1, 0.15) is 47.8 Å². The number of benzene rings is 3. The van der Waals surface area contributed by atoms with Crippen LogP contribution in [0.4, 0.5) is 0 Å². The van der Waals surface area contributed by atoms with Gasteiger partial charge in [0.25, 0.3) is 0 Å². The van der Waals surface area contributed by atoms with Crippen molar-refractivity contribution in [3.8, 4) is 0 Å². The highest BCUT2D eigenvalue weighted by Crippen LogP contribution is 2.41. The Hall–Kier alpha value is -3.37. The summed E-state index contributed by atoms with van der Waals surface area (Å²) in [7, 11) is 0. The Kier molecular flexibility index (Phi) is 8.42. The van der Waals surface area contributed by atoms with Gasteiger partial charge in [0.1, 0.15) is 29.0 Å². The average Bonchev–Trinajstić information content (AvgIpc) is 3.18. The molecular weight excluding hydrogens is 556 g/mol. The SMILES string of the molecule is Cc1ccccc1C(=O)OC[C@@H]1O[C@@H](O)[C@@](OBr)(C(=O)c2ccccc2C)[C@H]1OC(=O)c1ccccc1C. The molecule has 0 bridgehead atoms. The minimum Gasteiger partial charge on any atom is -0.459 e. The van der Waals surface area contributed by atoms with Crippen LogP contribution >= 0.6 is 16.3 Å². The summed E-state index contributed by atoms with van der Waals surface area (Å²) >= 11 is 2.89. The summed E-state index contributed by atoms with van der Waals surface area (Å²) in [6.07, 6.45) is -4.57. The number of ketones is 1. The van der Waals surface area contributed by atoms with Gasteiger partial charge in [-0.15, -0.1) is 0 Å². The van der Waals surface area contributed by atoms with E-state index in [4.69, 9.17) is 18.0 Å². The Labute approximate surface area is 228 Å². The van der Waals surface area contributed by atoms with Gasteiger partial charge < -0.3 is 19.3 Å². The number of aliphatic hydroxyl groups is 1. The van der Waals surface area contributed by atoms with Crippen LogP contribution in [0.3, 0.4) is 0 Å². The molecule has 1 N–H and O–H groups in total. The molecule has 1 saturated heterocycles. The normalized spacial score (nSPS) is 22.6. The van der Waals surface area contributed by atoms with Crippen LogP contribution in [0.2, 0.25) is 0 Å². The van der Waals surface area contributed by atoms with E-state index in [1.165, 1.54) is 0 Å². The van der Waals surface area contributed by atoms with Gasteiger partial charge in [0.05, 0.1) is 11.1 Å². The van der Waals surface area contributed by atoms with Gasteiger partial charge in [0.15, 0.2) is 12.4 Å². The summed E-state index contributed by atoms with van der Waals surface area (Å²) in [4.78, 5) is 39.9. The number of carbonyl (C=O) groups excluding carboxylic acids is 3. The largest absolute Gasteiger partial charge is 0.459 e. The molecule has 1 aliphatic rings. The van der Waals surface area contributed by atoms with E-state index in [0.717, 1.165) is 0 Å². The second kappa shape index (κ2) is 11.6. The van der Waals surface area contributed by atoms with Crippen LogP contribution in [0.5, 0.6) is 0 Å². The Balaban J connectivity index is 1.70. The van der Waals surface area contributed by atoms with E-state index in [1.54, 1.807) is 93.6 Å². The van der Waals surface area contributed by atoms with Crippen LogP contribution in [-0.4, -0.2) is 53.5 Å². The van der Waals surface area contributed by atoms with Crippen molar-refractivity contribution < 1.29 is 37.5 Å². The molecule has 198 valence electrons. The van der Waals surface area contributed by atoms with E-state index in [-0.39, 0.29) is 11.1 Å². The predicted octanol–water partition coefficient (Wildman–Crippen LogP) is 4.66. The Bertz CT molecular complexity index is 1360. The number of Topliss-reactive ketones (excluding diaryl/α,β-unsaturated/α-hetero) is 1. The van der Waals surface area contributed by atoms with Crippen molar-refractivity contribution in [2.75, 3.05) is 6.61 Å². The van der Waals surface area contributed by atoms with Crippen molar-refractivity contribution in [3.05, 3.63) is 106 Å². The van der Waals surface area contributed by atoms with Crippen LogP contribution in [-0.2, 0) is 18.0 Å². The van der Waals surface area contributed by atoms with Gasteiger partial charge in [-0.3, -0.25) is 8.62 Å². The number of ether oxygens (including phenoxy) is 3. The van der Waals surface area contributed by atoms with Crippen LogP contribution < -0.4 is 0 Å². The lowest BCUT2D eigenvalue weighted by Gasteiger charge is -2.32. The van der Waals surface area contributed by atoms with Gasteiger partial charge in [-0.05, 0) is 49.6 Å². The van der Waals surface area contributed by atoms with E-state index in [1.807, 2.05) is 0 Å². The van der Waals surface area contributed by atoms with E-state index >= 15 is 0 Å². The van der Waals surface area contributed by atoms with Crippen molar-refractivity contribution in [3.63, 3.8) is 0 Å². The zero-order valence-electron chi connectivity index (χ0n) is 21.1. The lowest BCUT2D eigenvalue weighted by Crippen LogP contribution is -2.57. The number of aryl methyl sites for hydroxylation is 3. The topological polar surface area (TPSA) is 108 Å². The van der Waals surface area contributed by atoms with Gasteiger partial charge in [-0.25, -0.2) is 9.59 Å². The number of rotatable bonds is 8. The minimum atomic E-state index is -2.19. The second-order valence-corrected chi connectivity index (χ2v) is 9.42. The number of carbonyl (C=O) groups is 3. The molecule has 0 radical (unpaired) electrons. The molecule has 1 aliphatic heterocycles. The highest BCUT2D eigenvalue weighted by molar-refractivity contribution is 9.06. The fourth-order valence-corrected chi connectivity index (χ4v) is 4.95. The molecule has 9 heteroatoms. The summed E-state index contributed by atoms with van der Waals surface area (Å²) in [5.74, 6) is -2.06. The van der Waals surface area contributed by atoms with Crippen LogP contribution in [0, 0.1) is 20.8 Å². The summed E-state index contributed by atoms with van der Waals surface area (Å²) in [6.45, 7) is 4.82. The van der Waals surface area contributed by atoms with E-state index < -0.39 is 48.4 Å². The maximum Gasteiger partial charge on any atom is 0.338 e. The Morgan fingerprint density at radius 1 is 0.816 bits per heavy atom. The van der Waals surface area contributed by atoms with E-state index in [2.05, 4.69) is 16.3 Å². The second-order valence-electron chi connectivity index (χ2n) is 9.10. The predicted molar refractivity (Wildman–Crippen MR) is 141 cm³/mol. The van der Waals surface area contributed by atoms with Crippen molar-refractivity contribution in [2.45, 2.75) is 44.9 Å². The summed E-state index contributed by atoms with van der Waals surface area (Å²) in [5, 5.41) is 11.0.